The molecule has 1 unspecified atom stereocenters. The average Bonchev–Trinajstić information content (AvgIpc) is 3.03. The molecule has 3 aromatic rings. The van der Waals surface area contributed by atoms with E-state index in [2.05, 4.69) is 15.5 Å². The Bertz CT molecular complexity index is 881. The van der Waals surface area contributed by atoms with E-state index in [9.17, 15) is 4.79 Å². The minimum Gasteiger partial charge on any atom is -0.425 e. The number of benzene rings is 2. The van der Waals surface area contributed by atoms with Crippen LogP contribution in [0.2, 0.25) is 10.0 Å². The number of nitrogens with one attached hydrogen (secondary N) is 1. The van der Waals surface area contributed by atoms with Gasteiger partial charge in [0, 0.05) is 19.0 Å². The predicted octanol–water partition coefficient (Wildman–Crippen LogP) is 4.85. The second-order valence-electron chi connectivity index (χ2n) is 5.50. The molecule has 0 fully saturated rings. The van der Waals surface area contributed by atoms with Crippen LogP contribution in [-0.4, -0.2) is 16.1 Å². The zero-order valence-electron chi connectivity index (χ0n) is 13.4. The molecule has 0 bridgehead atoms. The molecule has 0 spiro atoms. The quantitative estimate of drug-likeness (QED) is 0.692. The van der Waals surface area contributed by atoms with Crippen LogP contribution in [-0.2, 0) is 4.79 Å². The molecule has 2 aromatic carbocycles. The third-order valence-corrected chi connectivity index (χ3v) is 4.37. The van der Waals surface area contributed by atoms with E-state index in [-0.39, 0.29) is 18.2 Å². The summed E-state index contributed by atoms with van der Waals surface area (Å²) in [4.78, 5) is 12.5. The summed E-state index contributed by atoms with van der Waals surface area (Å²) in [6.07, 6.45) is 0.159. The molecule has 3 rings (SSSR count). The van der Waals surface area contributed by atoms with Crippen molar-refractivity contribution in [2.75, 3.05) is 5.32 Å². The number of aromatic nitrogens is 2. The van der Waals surface area contributed by atoms with E-state index in [4.69, 9.17) is 27.6 Å². The minimum atomic E-state index is -0.329. The minimum absolute atomic E-state index is 0.159. The molecule has 128 valence electrons. The second kappa shape index (κ2) is 7.68. The Hall–Kier alpha value is -2.37. The number of amides is 1. The van der Waals surface area contributed by atoms with Crippen LogP contribution in [0.5, 0.6) is 0 Å². The predicted molar refractivity (Wildman–Crippen MR) is 97.0 cm³/mol. The molecule has 1 N–H and O–H groups in total. The van der Waals surface area contributed by atoms with Crippen LogP contribution in [0.25, 0.3) is 0 Å². The lowest BCUT2D eigenvalue weighted by molar-refractivity contribution is -0.116. The van der Waals surface area contributed by atoms with Crippen molar-refractivity contribution in [3.05, 3.63) is 75.9 Å². The van der Waals surface area contributed by atoms with E-state index in [1.54, 1.807) is 25.1 Å². The monoisotopic (exact) mass is 375 g/mol. The maximum Gasteiger partial charge on any atom is 0.225 e. The van der Waals surface area contributed by atoms with Crippen molar-refractivity contribution < 1.29 is 9.21 Å². The van der Waals surface area contributed by atoms with Crippen molar-refractivity contribution in [2.24, 2.45) is 0 Å². The number of halogens is 2. The van der Waals surface area contributed by atoms with Gasteiger partial charge in [0.1, 0.15) is 0 Å². The Balaban J connectivity index is 1.80. The van der Waals surface area contributed by atoms with Crippen molar-refractivity contribution in [3.8, 4) is 0 Å². The van der Waals surface area contributed by atoms with Crippen molar-refractivity contribution >= 4 is 34.8 Å². The normalized spacial score (nSPS) is 12.0. The van der Waals surface area contributed by atoms with Gasteiger partial charge in [-0.1, -0.05) is 53.5 Å². The first kappa shape index (κ1) is 17.5. The Morgan fingerprint density at radius 1 is 1.12 bits per heavy atom. The number of aryl methyl sites for hydroxylation is 1. The summed E-state index contributed by atoms with van der Waals surface area (Å²) >= 11 is 11.9. The van der Waals surface area contributed by atoms with Crippen LogP contribution >= 0.6 is 23.2 Å². The number of carbonyl (C=O) groups excluding carboxylic acids is 1. The lowest BCUT2D eigenvalue weighted by Crippen LogP contribution is -2.16. The number of hydrogen-bond acceptors (Lipinski definition) is 4. The maximum atomic E-state index is 12.5. The zero-order chi connectivity index (χ0) is 17.8. The van der Waals surface area contributed by atoms with E-state index in [0.29, 0.717) is 27.5 Å². The Morgan fingerprint density at radius 3 is 2.52 bits per heavy atom. The van der Waals surface area contributed by atoms with Crippen molar-refractivity contribution in [3.63, 3.8) is 0 Å². The molecule has 5 nitrogen and oxygen atoms in total. The van der Waals surface area contributed by atoms with Gasteiger partial charge in [-0.15, -0.1) is 10.2 Å². The van der Waals surface area contributed by atoms with Gasteiger partial charge in [0.15, 0.2) is 0 Å². The Morgan fingerprint density at radius 2 is 1.88 bits per heavy atom. The molecule has 1 atom stereocenters. The summed E-state index contributed by atoms with van der Waals surface area (Å²) in [7, 11) is 0. The zero-order valence-corrected chi connectivity index (χ0v) is 14.9. The lowest BCUT2D eigenvalue weighted by atomic mass is 9.95. The number of hydrogen-bond donors (Lipinski definition) is 1. The summed E-state index contributed by atoms with van der Waals surface area (Å²) in [5, 5.41) is 11.6. The standard InChI is InChI=1S/C18H15Cl2N3O2/c1-11-22-23-18(25-11)14(12-5-3-2-4-6-12)10-17(24)21-13-7-8-15(19)16(20)9-13/h2-9,14H,10H2,1H3,(H,21,24). The fraction of sp³-hybridized carbons (Fsp3) is 0.167. The highest BCUT2D eigenvalue weighted by Crippen LogP contribution is 2.29. The van der Waals surface area contributed by atoms with Crippen molar-refractivity contribution in [1.82, 2.24) is 10.2 Å². The smallest absolute Gasteiger partial charge is 0.225 e. The van der Waals surface area contributed by atoms with Crippen LogP contribution in [0.1, 0.15) is 29.7 Å². The first-order valence-corrected chi connectivity index (χ1v) is 8.38. The van der Waals surface area contributed by atoms with E-state index >= 15 is 0 Å². The summed E-state index contributed by atoms with van der Waals surface area (Å²) in [6.45, 7) is 1.72. The SMILES string of the molecule is Cc1nnc(C(CC(=O)Nc2ccc(Cl)c(Cl)c2)c2ccccc2)o1. The summed E-state index contributed by atoms with van der Waals surface area (Å²) in [6, 6.07) is 14.5. The van der Waals surface area contributed by atoms with Crippen molar-refractivity contribution in [2.45, 2.75) is 19.3 Å². The van der Waals surface area contributed by atoms with Gasteiger partial charge in [-0.05, 0) is 23.8 Å². The first-order valence-electron chi connectivity index (χ1n) is 7.63. The van der Waals surface area contributed by atoms with Crippen LogP contribution in [0.15, 0.2) is 52.9 Å². The van der Waals surface area contributed by atoms with Crippen molar-refractivity contribution in [1.29, 1.82) is 0 Å². The number of carbonyl (C=O) groups is 1. The fourth-order valence-corrected chi connectivity index (χ4v) is 2.76. The fourth-order valence-electron chi connectivity index (χ4n) is 2.46. The van der Waals surface area contributed by atoms with Crippen LogP contribution in [0, 0.1) is 6.92 Å². The molecule has 1 aromatic heterocycles. The molecule has 0 aliphatic heterocycles. The molecule has 25 heavy (non-hydrogen) atoms. The third-order valence-electron chi connectivity index (χ3n) is 3.63. The van der Waals surface area contributed by atoms with Gasteiger partial charge in [-0.3, -0.25) is 4.79 Å². The molecule has 0 aliphatic carbocycles. The molecule has 7 heteroatoms. The van der Waals surface area contributed by atoms with Gasteiger partial charge in [-0.25, -0.2) is 0 Å². The van der Waals surface area contributed by atoms with Crippen LogP contribution in [0.4, 0.5) is 5.69 Å². The van der Waals surface area contributed by atoms with Gasteiger partial charge in [0.2, 0.25) is 17.7 Å². The molecule has 0 saturated carbocycles. The Kier molecular flexibility index (Phi) is 5.36. The van der Waals surface area contributed by atoms with E-state index < -0.39 is 0 Å². The lowest BCUT2D eigenvalue weighted by Gasteiger charge is -2.14. The van der Waals surface area contributed by atoms with Gasteiger partial charge in [0.05, 0.1) is 16.0 Å². The molecule has 0 radical (unpaired) electrons. The summed E-state index contributed by atoms with van der Waals surface area (Å²) < 4.78 is 5.55. The molecular formula is C18H15Cl2N3O2. The van der Waals surface area contributed by atoms with Gasteiger partial charge < -0.3 is 9.73 Å². The van der Waals surface area contributed by atoms with E-state index in [0.717, 1.165) is 5.56 Å². The first-order chi connectivity index (χ1) is 12.0. The molecular weight excluding hydrogens is 361 g/mol. The highest BCUT2D eigenvalue weighted by atomic mass is 35.5. The molecule has 1 amide bonds. The van der Waals surface area contributed by atoms with Gasteiger partial charge in [0.25, 0.3) is 0 Å². The molecule has 0 aliphatic rings. The van der Waals surface area contributed by atoms with Gasteiger partial charge in [-0.2, -0.15) is 0 Å². The maximum absolute atomic E-state index is 12.5. The van der Waals surface area contributed by atoms with Gasteiger partial charge >= 0.3 is 0 Å². The van der Waals surface area contributed by atoms with E-state index in [1.165, 1.54) is 0 Å². The summed E-state index contributed by atoms with van der Waals surface area (Å²) in [5.74, 6) is 0.349. The van der Waals surface area contributed by atoms with Crippen LogP contribution < -0.4 is 5.32 Å². The third kappa shape index (κ3) is 4.38. The average molecular weight is 376 g/mol. The number of rotatable bonds is 5. The highest BCUT2D eigenvalue weighted by molar-refractivity contribution is 6.42. The highest BCUT2D eigenvalue weighted by Gasteiger charge is 2.23. The largest absolute Gasteiger partial charge is 0.425 e. The second-order valence-corrected chi connectivity index (χ2v) is 6.32. The van der Waals surface area contributed by atoms with E-state index in [1.807, 2.05) is 30.3 Å². The molecule has 0 saturated heterocycles. The summed E-state index contributed by atoms with van der Waals surface area (Å²) in [5.41, 5.74) is 1.50. The topological polar surface area (TPSA) is 68.0 Å². The number of nitrogens with zero attached hydrogens (tertiary/aromatic N) is 2. The molecule has 1 heterocycles. The van der Waals surface area contributed by atoms with Crippen LogP contribution in [0.3, 0.4) is 0 Å². The Labute approximate surface area is 155 Å². The number of anilines is 1.